The van der Waals surface area contributed by atoms with Crippen molar-refractivity contribution < 1.29 is 23.8 Å². The lowest BCUT2D eigenvalue weighted by molar-refractivity contribution is -0.142. The first-order valence-corrected chi connectivity index (χ1v) is 9.23. The van der Waals surface area contributed by atoms with E-state index in [9.17, 15) is 9.59 Å². The second kappa shape index (κ2) is 10.6. The summed E-state index contributed by atoms with van der Waals surface area (Å²) >= 11 is 9.27. The van der Waals surface area contributed by atoms with E-state index in [2.05, 4.69) is 36.2 Å². The van der Waals surface area contributed by atoms with E-state index in [0.29, 0.717) is 28.1 Å². The van der Waals surface area contributed by atoms with E-state index in [1.165, 1.54) is 25.6 Å². The number of nitrogens with one attached hydrogen (secondary N) is 1. The molecule has 1 N–H and O–H groups in total. The van der Waals surface area contributed by atoms with Crippen molar-refractivity contribution in [1.82, 2.24) is 10.4 Å². The number of aromatic nitrogens is 1. The highest BCUT2D eigenvalue weighted by atomic mass is 79.9. The quantitative estimate of drug-likeness (QED) is 0.275. The van der Waals surface area contributed by atoms with Gasteiger partial charge in [0.25, 0.3) is 5.91 Å². The molecule has 0 spiro atoms. The van der Waals surface area contributed by atoms with Gasteiger partial charge in [-0.2, -0.15) is 5.10 Å². The van der Waals surface area contributed by atoms with Gasteiger partial charge in [-0.25, -0.2) is 15.2 Å². The van der Waals surface area contributed by atoms with E-state index in [1.54, 1.807) is 18.2 Å². The highest BCUT2D eigenvalue weighted by Gasteiger charge is 2.13. The summed E-state index contributed by atoms with van der Waals surface area (Å²) in [7, 11) is 1.28. The van der Waals surface area contributed by atoms with Gasteiger partial charge in [0, 0.05) is 16.2 Å². The highest BCUT2D eigenvalue weighted by Crippen LogP contribution is 2.33. The number of esters is 1. The van der Waals surface area contributed by atoms with Crippen molar-refractivity contribution in [2.75, 3.05) is 20.3 Å². The number of nitrogens with zero attached hydrogens (tertiary/aromatic N) is 2. The van der Waals surface area contributed by atoms with Crippen LogP contribution in [0.15, 0.2) is 40.0 Å². The molecule has 1 aromatic carbocycles. The summed E-state index contributed by atoms with van der Waals surface area (Å²) in [5, 5.41) is 4.01. The first-order valence-electron chi connectivity index (χ1n) is 8.06. The van der Waals surface area contributed by atoms with Gasteiger partial charge in [0.1, 0.15) is 5.15 Å². The molecule has 0 aliphatic carbocycles. The summed E-state index contributed by atoms with van der Waals surface area (Å²) in [5.74, 6) is -0.227. The smallest absolute Gasteiger partial charge is 0.343 e. The van der Waals surface area contributed by atoms with Crippen LogP contribution in [0, 0.1) is 0 Å². The molecule has 0 bridgehead atoms. The molecule has 28 heavy (non-hydrogen) atoms. The van der Waals surface area contributed by atoms with E-state index in [1.807, 2.05) is 6.92 Å². The average molecular weight is 471 g/mol. The number of methoxy groups -OCH3 is 1. The summed E-state index contributed by atoms with van der Waals surface area (Å²) in [4.78, 5) is 27.2. The number of rotatable bonds is 8. The number of hydrogen-bond donors (Lipinski definition) is 1. The number of amides is 1. The molecule has 0 fully saturated rings. The Morgan fingerprint density at radius 2 is 2.07 bits per heavy atom. The second-order valence-corrected chi connectivity index (χ2v) is 6.37. The molecule has 0 unspecified atom stereocenters. The Labute approximate surface area is 175 Å². The average Bonchev–Trinajstić information content (AvgIpc) is 2.69. The van der Waals surface area contributed by atoms with Crippen LogP contribution in [0.5, 0.6) is 11.5 Å². The minimum atomic E-state index is -0.513. The second-order valence-electron chi connectivity index (χ2n) is 5.16. The summed E-state index contributed by atoms with van der Waals surface area (Å²) in [6.45, 7) is 1.96. The Balaban J connectivity index is 2.15. The predicted molar refractivity (Wildman–Crippen MR) is 107 cm³/mol. The summed E-state index contributed by atoms with van der Waals surface area (Å²) in [5.41, 5.74) is 3.21. The number of hydrazone groups is 1. The van der Waals surface area contributed by atoms with Gasteiger partial charge in [-0.1, -0.05) is 11.6 Å². The molecule has 1 aromatic heterocycles. The standard InChI is InChI=1S/C18H17BrClN3O5/c1-3-27-14-7-11(13(19)8-15(14)28-10-16(24)26-2)9-22-23-18(25)12-5-4-6-21-17(12)20/h4-9H,3,10H2,1-2H3,(H,23,25). The fourth-order valence-corrected chi connectivity index (χ4v) is 2.63. The molecular weight excluding hydrogens is 454 g/mol. The molecule has 0 atom stereocenters. The first kappa shape index (κ1) is 21.6. The van der Waals surface area contributed by atoms with Crippen molar-refractivity contribution in [2.24, 2.45) is 5.10 Å². The molecule has 0 aliphatic rings. The molecule has 8 nitrogen and oxygen atoms in total. The molecule has 148 valence electrons. The van der Waals surface area contributed by atoms with Crippen LogP contribution in [0.4, 0.5) is 0 Å². The number of benzene rings is 1. The van der Waals surface area contributed by atoms with E-state index < -0.39 is 11.9 Å². The molecule has 0 saturated carbocycles. The Hall–Kier alpha value is -2.65. The van der Waals surface area contributed by atoms with Gasteiger partial charge in [0.05, 0.1) is 25.5 Å². The van der Waals surface area contributed by atoms with Gasteiger partial charge in [-0.15, -0.1) is 0 Å². The van der Waals surface area contributed by atoms with Crippen LogP contribution in [0.3, 0.4) is 0 Å². The van der Waals surface area contributed by atoms with Crippen molar-refractivity contribution in [2.45, 2.75) is 6.92 Å². The monoisotopic (exact) mass is 469 g/mol. The Morgan fingerprint density at radius 1 is 1.32 bits per heavy atom. The van der Waals surface area contributed by atoms with Gasteiger partial charge in [0.15, 0.2) is 18.1 Å². The topological polar surface area (TPSA) is 99.1 Å². The van der Waals surface area contributed by atoms with Crippen LogP contribution < -0.4 is 14.9 Å². The van der Waals surface area contributed by atoms with Crippen molar-refractivity contribution in [1.29, 1.82) is 0 Å². The van der Waals surface area contributed by atoms with Crippen molar-refractivity contribution in [3.05, 3.63) is 51.2 Å². The number of carbonyl (C=O) groups is 2. The number of hydrogen-bond acceptors (Lipinski definition) is 7. The van der Waals surface area contributed by atoms with Gasteiger partial charge in [0.2, 0.25) is 0 Å². The van der Waals surface area contributed by atoms with Crippen LogP contribution in [0.25, 0.3) is 0 Å². The third kappa shape index (κ3) is 5.93. The minimum Gasteiger partial charge on any atom is -0.490 e. The Bertz CT molecular complexity index is 892. The molecule has 1 amide bonds. The van der Waals surface area contributed by atoms with E-state index in [0.717, 1.165) is 0 Å². The molecule has 2 rings (SSSR count). The maximum atomic E-state index is 12.1. The van der Waals surface area contributed by atoms with Gasteiger partial charge < -0.3 is 14.2 Å². The zero-order chi connectivity index (χ0) is 20.5. The lowest BCUT2D eigenvalue weighted by atomic mass is 10.2. The lowest BCUT2D eigenvalue weighted by Gasteiger charge is -2.13. The molecule has 0 aliphatic heterocycles. The number of pyridine rings is 1. The fraction of sp³-hybridized carbons (Fsp3) is 0.222. The molecule has 2 aromatic rings. The SMILES string of the molecule is CCOc1cc(C=NNC(=O)c2cccnc2Cl)c(Br)cc1OCC(=O)OC. The fourth-order valence-electron chi connectivity index (χ4n) is 2.00. The van der Waals surface area contributed by atoms with Crippen LogP contribution in [-0.2, 0) is 9.53 Å². The first-order chi connectivity index (χ1) is 13.5. The van der Waals surface area contributed by atoms with Gasteiger partial charge in [-0.05, 0) is 47.1 Å². The van der Waals surface area contributed by atoms with E-state index in [-0.39, 0.29) is 17.3 Å². The summed E-state index contributed by atoms with van der Waals surface area (Å²) < 4.78 is 16.1. The van der Waals surface area contributed by atoms with Gasteiger partial charge >= 0.3 is 5.97 Å². The van der Waals surface area contributed by atoms with E-state index in [4.69, 9.17) is 21.1 Å². The van der Waals surface area contributed by atoms with Crippen LogP contribution in [-0.4, -0.2) is 43.4 Å². The van der Waals surface area contributed by atoms with Crippen molar-refractivity contribution >= 4 is 45.6 Å². The predicted octanol–water partition coefficient (Wildman–Crippen LogP) is 3.21. The van der Waals surface area contributed by atoms with Crippen LogP contribution >= 0.6 is 27.5 Å². The molecule has 0 radical (unpaired) electrons. The zero-order valence-electron chi connectivity index (χ0n) is 15.1. The maximum absolute atomic E-state index is 12.1. The Morgan fingerprint density at radius 3 is 2.75 bits per heavy atom. The summed E-state index contributed by atoms with van der Waals surface area (Å²) in [6, 6.07) is 6.43. The molecule has 0 saturated heterocycles. The minimum absolute atomic E-state index is 0.0853. The Kier molecular flexibility index (Phi) is 8.21. The number of halogens is 2. The largest absolute Gasteiger partial charge is 0.490 e. The van der Waals surface area contributed by atoms with Crippen LogP contribution in [0.2, 0.25) is 5.15 Å². The van der Waals surface area contributed by atoms with Crippen molar-refractivity contribution in [3.8, 4) is 11.5 Å². The third-order valence-electron chi connectivity index (χ3n) is 3.31. The number of carbonyl (C=O) groups excluding carboxylic acids is 2. The lowest BCUT2D eigenvalue weighted by Crippen LogP contribution is -2.18. The summed E-state index contributed by atoms with van der Waals surface area (Å²) in [6.07, 6.45) is 2.91. The normalized spacial score (nSPS) is 10.6. The van der Waals surface area contributed by atoms with E-state index >= 15 is 0 Å². The third-order valence-corrected chi connectivity index (χ3v) is 4.30. The maximum Gasteiger partial charge on any atom is 0.343 e. The zero-order valence-corrected chi connectivity index (χ0v) is 17.4. The van der Waals surface area contributed by atoms with Crippen LogP contribution in [0.1, 0.15) is 22.8 Å². The van der Waals surface area contributed by atoms with Crippen molar-refractivity contribution in [3.63, 3.8) is 0 Å². The molecule has 1 heterocycles. The van der Waals surface area contributed by atoms with Gasteiger partial charge in [-0.3, -0.25) is 4.79 Å². The molecular formula is C18H17BrClN3O5. The molecule has 10 heteroatoms. The highest BCUT2D eigenvalue weighted by molar-refractivity contribution is 9.10. The number of ether oxygens (including phenoxy) is 3.